The van der Waals surface area contributed by atoms with E-state index in [0.717, 1.165) is 0 Å². The molecule has 3 heteroatoms. The van der Waals surface area contributed by atoms with E-state index in [1.165, 1.54) is 44.1 Å². The Kier molecular flexibility index (Phi) is 17.3. The first kappa shape index (κ1) is 24.0. The van der Waals surface area contributed by atoms with Gasteiger partial charge in [0.1, 0.15) is 0 Å². The van der Waals surface area contributed by atoms with Crippen LogP contribution < -0.4 is 24.8 Å². The van der Waals surface area contributed by atoms with Gasteiger partial charge in [0.05, 0.1) is 0 Å². The SMILES string of the molecule is CCCCC1=C(CCCC)C(C)[C-]=C1C.[Cl-].[Cl-].[Zr+3]. The number of hydrogen-bond acceptors (Lipinski definition) is 0. The van der Waals surface area contributed by atoms with Crippen LogP contribution in [0.3, 0.4) is 0 Å². The molecule has 0 N–H and O–H groups in total. The van der Waals surface area contributed by atoms with Gasteiger partial charge in [-0.1, -0.05) is 65.7 Å². The average molecular weight is 367 g/mol. The quantitative estimate of drug-likeness (QED) is 0.532. The Morgan fingerprint density at radius 1 is 1.00 bits per heavy atom. The Labute approximate surface area is 145 Å². The number of hydrogen-bond donors (Lipinski definition) is 0. The minimum Gasteiger partial charge on any atom is -1.00 e. The van der Waals surface area contributed by atoms with E-state index in [0.29, 0.717) is 5.92 Å². The maximum Gasteiger partial charge on any atom is 3.00 e. The largest absolute Gasteiger partial charge is 3.00 e. The summed E-state index contributed by atoms with van der Waals surface area (Å²) in [5, 5.41) is 0. The molecule has 1 radical (unpaired) electrons. The molecule has 0 aromatic carbocycles. The van der Waals surface area contributed by atoms with E-state index in [2.05, 4.69) is 33.8 Å². The fourth-order valence-electron chi connectivity index (χ4n) is 2.44. The molecule has 0 saturated heterocycles. The third kappa shape index (κ3) is 6.92. The van der Waals surface area contributed by atoms with E-state index < -0.39 is 0 Å². The second kappa shape index (κ2) is 13.0. The van der Waals surface area contributed by atoms with Crippen molar-refractivity contribution in [1.82, 2.24) is 0 Å². The van der Waals surface area contributed by atoms with Gasteiger partial charge < -0.3 is 24.8 Å². The van der Waals surface area contributed by atoms with Crippen LogP contribution in [-0.2, 0) is 26.2 Å². The van der Waals surface area contributed by atoms with E-state index in [9.17, 15) is 0 Å². The predicted octanol–water partition coefficient (Wildman–Crippen LogP) is -0.932. The molecule has 1 aliphatic rings. The summed E-state index contributed by atoms with van der Waals surface area (Å²) >= 11 is 0. The molecule has 18 heavy (non-hydrogen) atoms. The predicted molar refractivity (Wildman–Crippen MR) is 67.7 cm³/mol. The van der Waals surface area contributed by atoms with Crippen LogP contribution in [0.4, 0.5) is 0 Å². The number of halogens is 2. The van der Waals surface area contributed by atoms with Crippen LogP contribution in [0.2, 0.25) is 0 Å². The smallest absolute Gasteiger partial charge is 1.00 e. The van der Waals surface area contributed by atoms with Crippen molar-refractivity contribution in [3.05, 3.63) is 22.8 Å². The second-order valence-electron chi connectivity index (χ2n) is 4.70. The molecule has 1 aliphatic carbocycles. The summed E-state index contributed by atoms with van der Waals surface area (Å²) in [6, 6.07) is 0. The molecule has 103 valence electrons. The minimum atomic E-state index is 0. The number of allylic oxidation sites excluding steroid dienone is 4. The molecule has 0 amide bonds. The minimum absolute atomic E-state index is 0. The van der Waals surface area contributed by atoms with Crippen molar-refractivity contribution in [2.24, 2.45) is 5.92 Å². The van der Waals surface area contributed by atoms with E-state index in [-0.39, 0.29) is 51.0 Å². The van der Waals surface area contributed by atoms with Gasteiger partial charge >= 0.3 is 26.2 Å². The van der Waals surface area contributed by atoms with Crippen molar-refractivity contribution in [2.45, 2.75) is 66.2 Å². The van der Waals surface area contributed by atoms with Crippen LogP contribution in [0.25, 0.3) is 0 Å². The summed E-state index contributed by atoms with van der Waals surface area (Å²) in [4.78, 5) is 0. The molecular formula is C15H25Cl2Zr. The third-order valence-electron chi connectivity index (χ3n) is 3.38. The summed E-state index contributed by atoms with van der Waals surface area (Å²) in [7, 11) is 0. The summed E-state index contributed by atoms with van der Waals surface area (Å²) < 4.78 is 0. The Morgan fingerprint density at radius 3 is 2.00 bits per heavy atom. The molecule has 0 spiro atoms. The van der Waals surface area contributed by atoms with Gasteiger partial charge in [0, 0.05) is 0 Å². The van der Waals surface area contributed by atoms with Gasteiger partial charge in [-0.2, -0.15) is 11.1 Å². The van der Waals surface area contributed by atoms with Gasteiger partial charge in [0.25, 0.3) is 0 Å². The molecule has 1 atom stereocenters. The molecule has 0 aliphatic heterocycles. The van der Waals surface area contributed by atoms with Crippen molar-refractivity contribution in [2.75, 3.05) is 0 Å². The van der Waals surface area contributed by atoms with Gasteiger partial charge in [0.2, 0.25) is 0 Å². The molecule has 1 rings (SSSR count). The van der Waals surface area contributed by atoms with Crippen LogP contribution in [0.1, 0.15) is 66.2 Å². The number of unbranched alkanes of at least 4 members (excludes halogenated alkanes) is 2. The van der Waals surface area contributed by atoms with Crippen molar-refractivity contribution in [1.29, 1.82) is 0 Å². The molecule has 0 nitrogen and oxygen atoms in total. The van der Waals surface area contributed by atoms with Crippen molar-refractivity contribution < 1.29 is 51.0 Å². The molecule has 0 aromatic rings. The first-order valence-corrected chi connectivity index (χ1v) is 6.53. The Morgan fingerprint density at radius 2 is 1.50 bits per heavy atom. The first-order chi connectivity index (χ1) is 7.20. The summed E-state index contributed by atoms with van der Waals surface area (Å²) in [6.45, 7) is 9.08. The van der Waals surface area contributed by atoms with E-state index in [1.807, 2.05) is 0 Å². The topological polar surface area (TPSA) is 0 Å². The fourth-order valence-corrected chi connectivity index (χ4v) is 2.44. The fraction of sp³-hybridized carbons (Fsp3) is 0.733. The first-order valence-electron chi connectivity index (χ1n) is 6.53. The van der Waals surface area contributed by atoms with Gasteiger partial charge in [-0.3, -0.25) is 6.08 Å². The molecule has 0 fully saturated rings. The third-order valence-corrected chi connectivity index (χ3v) is 3.38. The maximum absolute atomic E-state index is 3.58. The molecule has 0 bridgehead atoms. The van der Waals surface area contributed by atoms with E-state index in [1.54, 1.807) is 11.1 Å². The molecule has 0 saturated carbocycles. The van der Waals surface area contributed by atoms with Crippen LogP contribution in [-0.4, -0.2) is 0 Å². The van der Waals surface area contributed by atoms with Crippen LogP contribution in [0.5, 0.6) is 0 Å². The summed E-state index contributed by atoms with van der Waals surface area (Å²) in [5.41, 5.74) is 4.75. The van der Waals surface area contributed by atoms with E-state index >= 15 is 0 Å². The van der Waals surface area contributed by atoms with Crippen molar-refractivity contribution in [3.8, 4) is 0 Å². The number of rotatable bonds is 6. The van der Waals surface area contributed by atoms with Gasteiger partial charge in [0.15, 0.2) is 0 Å². The second-order valence-corrected chi connectivity index (χ2v) is 4.70. The zero-order chi connectivity index (χ0) is 11.3. The van der Waals surface area contributed by atoms with Crippen LogP contribution >= 0.6 is 0 Å². The van der Waals surface area contributed by atoms with Crippen molar-refractivity contribution in [3.63, 3.8) is 0 Å². The normalized spacial score (nSPS) is 17.6. The van der Waals surface area contributed by atoms with Gasteiger partial charge in [-0.25, -0.2) is 5.57 Å². The van der Waals surface area contributed by atoms with Gasteiger partial charge in [-0.05, 0) is 6.42 Å². The van der Waals surface area contributed by atoms with Gasteiger partial charge in [-0.15, -0.1) is 0 Å². The standard InChI is InChI=1S/C15H25.2ClH.Zr/c1-5-7-9-14-12(3)11-13(4)15(14)10-8-6-2;;;/h12H,5-10H2,1-4H3;2*1H;/q-1;;;+3/p-2. The van der Waals surface area contributed by atoms with E-state index in [4.69, 9.17) is 0 Å². The maximum atomic E-state index is 3.58. The molecule has 0 aromatic heterocycles. The zero-order valence-corrected chi connectivity index (χ0v) is 16.0. The molecule has 1 unspecified atom stereocenters. The zero-order valence-electron chi connectivity index (χ0n) is 12.1. The van der Waals surface area contributed by atoms with Crippen molar-refractivity contribution >= 4 is 0 Å². The Balaban J connectivity index is -0.000000750. The molecular weight excluding hydrogens is 342 g/mol. The monoisotopic (exact) mass is 365 g/mol. The Hall–Kier alpha value is 0.943. The Bertz CT molecular complexity index is 270. The molecule has 0 heterocycles. The summed E-state index contributed by atoms with van der Waals surface area (Å²) in [5.74, 6) is 0.586. The van der Waals surface area contributed by atoms with Crippen LogP contribution in [0, 0.1) is 12.0 Å². The average Bonchev–Trinajstić information content (AvgIpc) is 2.47. The summed E-state index contributed by atoms with van der Waals surface area (Å²) in [6.07, 6.45) is 11.4. The van der Waals surface area contributed by atoms with Crippen LogP contribution in [0.15, 0.2) is 16.7 Å².